The quantitative estimate of drug-likeness (QED) is 0.668. The van der Waals surface area contributed by atoms with Crippen LogP contribution >= 0.6 is 0 Å². The fourth-order valence-corrected chi connectivity index (χ4v) is 1.58. The molecule has 0 N–H and O–H groups in total. The first-order valence-electron chi connectivity index (χ1n) is 4.75. The smallest absolute Gasteiger partial charge is 0.340 e. The third kappa shape index (κ3) is 1.45. The molecule has 0 saturated carbocycles. The van der Waals surface area contributed by atoms with Gasteiger partial charge in [-0.05, 0) is 32.1 Å². The van der Waals surface area contributed by atoms with E-state index in [-0.39, 0.29) is 12.1 Å². The monoisotopic (exact) mass is 191 g/mol. The van der Waals surface area contributed by atoms with Gasteiger partial charge in [0.1, 0.15) is 0 Å². The number of allylic oxidation sites excluding steroid dienone is 1. The largest absolute Gasteiger partial charge is 0.459 e. The summed E-state index contributed by atoms with van der Waals surface area (Å²) in [7, 11) is 0. The Bertz CT molecular complexity index is 388. The van der Waals surface area contributed by atoms with Gasteiger partial charge in [0.15, 0.2) is 0 Å². The molecule has 0 aromatic carbocycles. The second kappa shape index (κ2) is 3.33. The third-order valence-corrected chi connectivity index (χ3v) is 2.16. The molecule has 0 radical (unpaired) electrons. The van der Waals surface area contributed by atoms with Gasteiger partial charge in [0.2, 0.25) is 0 Å². The number of hydrogen-bond acceptors (Lipinski definition) is 2. The van der Waals surface area contributed by atoms with Crippen molar-refractivity contribution in [3.05, 3.63) is 30.1 Å². The molecule has 0 bridgehead atoms. The molecule has 0 amide bonds. The van der Waals surface area contributed by atoms with Crippen molar-refractivity contribution in [1.82, 2.24) is 4.57 Å². The van der Waals surface area contributed by atoms with E-state index in [4.69, 9.17) is 4.74 Å². The normalized spacial score (nSPS) is 14.1. The zero-order valence-electron chi connectivity index (χ0n) is 8.36. The SMILES string of the molecule is CC(C)OC(=O)C1=CCn2cccc21. The van der Waals surface area contributed by atoms with E-state index in [0.29, 0.717) is 5.57 Å². The second-order valence-corrected chi connectivity index (χ2v) is 3.62. The fraction of sp³-hybridized carbons (Fsp3) is 0.364. The van der Waals surface area contributed by atoms with Crippen molar-refractivity contribution in [2.75, 3.05) is 0 Å². The zero-order valence-corrected chi connectivity index (χ0v) is 8.36. The Balaban J connectivity index is 2.18. The summed E-state index contributed by atoms with van der Waals surface area (Å²) in [5, 5.41) is 0. The molecule has 2 rings (SSSR count). The molecule has 0 saturated heterocycles. The molecule has 1 aromatic rings. The van der Waals surface area contributed by atoms with Gasteiger partial charge >= 0.3 is 5.97 Å². The average Bonchev–Trinajstić information content (AvgIpc) is 2.59. The molecule has 0 aliphatic carbocycles. The summed E-state index contributed by atoms with van der Waals surface area (Å²) in [5.74, 6) is -0.225. The number of hydrogen-bond donors (Lipinski definition) is 0. The lowest BCUT2D eigenvalue weighted by atomic mass is 10.2. The minimum Gasteiger partial charge on any atom is -0.459 e. The summed E-state index contributed by atoms with van der Waals surface area (Å²) in [4.78, 5) is 11.6. The number of aromatic nitrogens is 1. The van der Waals surface area contributed by atoms with Crippen LogP contribution < -0.4 is 0 Å². The first kappa shape index (κ1) is 9.06. The minimum atomic E-state index is -0.225. The summed E-state index contributed by atoms with van der Waals surface area (Å²) in [5.41, 5.74) is 1.64. The Morgan fingerprint density at radius 1 is 1.57 bits per heavy atom. The van der Waals surface area contributed by atoms with Crippen LogP contribution in [0.1, 0.15) is 19.5 Å². The summed E-state index contributed by atoms with van der Waals surface area (Å²) < 4.78 is 7.16. The van der Waals surface area contributed by atoms with Gasteiger partial charge < -0.3 is 9.30 Å². The van der Waals surface area contributed by atoms with Crippen molar-refractivity contribution in [3.8, 4) is 0 Å². The van der Waals surface area contributed by atoms with Crippen LogP contribution in [-0.4, -0.2) is 16.6 Å². The topological polar surface area (TPSA) is 31.2 Å². The van der Waals surface area contributed by atoms with Crippen LogP contribution in [0.25, 0.3) is 5.57 Å². The standard InChI is InChI=1S/C11H13NO2/c1-8(2)14-11(13)9-5-7-12-6-3-4-10(9)12/h3-6,8H,7H2,1-2H3. The van der Waals surface area contributed by atoms with Gasteiger partial charge in [-0.15, -0.1) is 0 Å². The lowest BCUT2D eigenvalue weighted by molar-refractivity contribution is -0.140. The van der Waals surface area contributed by atoms with E-state index in [2.05, 4.69) is 0 Å². The Morgan fingerprint density at radius 2 is 2.36 bits per heavy atom. The molecule has 14 heavy (non-hydrogen) atoms. The summed E-state index contributed by atoms with van der Waals surface area (Å²) in [6.45, 7) is 4.48. The molecule has 74 valence electrons. The maximum Gasteiger partial charge on any atom is 0.340 e. The maximum absolute atomic E-state index is 11.6. The van der Waals surface area contributed by atoms with Crippen LogP contribution in [0.3, 0.4) is 0 Å². The van der Waals surface area contributed by atoms with E-state index < -0.39 is 0 Å². The first-order valence-corrected chi connectivity index (χ1v) is 4.75. The Hall–Kier alpha value is -1.51. The van der Waals surface area contributed by atoms with Gasteiger partial charge in [-0.2, -0.15) is 0 Å². The van der Waals surface area contributed by atoms with Crippen molar-refractivity contribution < 1.29 is 9.53 Å². The molecule has 3 nitrogen and oxygen atoms in total. The van der Waals surface area contributed by atoms with Gasteiger partial charge in [-0.1, -0.05) is 0 Å². The molecule has 0 spiro atoms. The highest BCUT2D eigenvalue weighted by molar-refractivity contribution is 6.16. The molecule has 3 heteroatoms. The van der Waals surface area contributed by atoms with Gasteiger partial charge in [-0.3, -0.25) is 0 Å². The minimum absolute atomic E-state index is 0.0626. The molecule has 2 heterocycles. The van der Waals surface area contributed by atoms with Crippen molar-refractivity contribution in [2.24, 2.45) is 0 Å². The molecular weight excluding hydrogens is 178 g/mol. The van der Waals surface area contributed by atoms with E-state index >= 15 is 0 Å². The lowest BCUT2D eigenvalue weighted by Crippen LogP contribution is -2.12. The Kier molecular flexibility index (Phi) is 2.15. The molecule has 1 aromatic heterocycles. The molecule has 0 unspecified atom stereocenters. The zero-order chi connectivity index (χ0) is 10.1. The second-order valence-electron chi connectivity index (χ2n) is 3.62. The molecule has 0 atom stereocenters. The molecule has 1 aliphatic heterocycles. The van der Waals surface area contributed by atoms with E-state index in [1.54, 1.807) is 0 Å². The van der Waals surface area contributed by atoms with Gasteiger partial charge in [0.25, 0.3) is 0 Å². The van der Waals surface area contributed by atoms with Gasteiger partial charge in [0.05, 0.1) is 17.4 Å². The van der Waals surface area contributed by atoms with Gasteiger partial charge in [-0.25, -0.2) is 4.79 Å². The van der Waals surface area contributed by atoms with Crippen molar-refractivity contribution in [2.45, 2.75) is 26.5 Å². The highest BCUT2D eigenvalue weighted by atomic mass is 16.5. The highest BCUT2D eigenvalue weighted by Crippen LogP contribution is 2.23. The summed E-state index contributed by atoms with van der Waals surface area (Å²) >= 11 is 0. The van der Waals surface area contributed by atoms with E-state index in [0.717, 1.165) is 12.2 Å². The van der Waals surface area contributed by atoms with Crippen molar-refractivity contribution >= 4 is 11.5 Å². The summed E-state index contributed by atoms with van der Waals surface area (Å²) in [6, 6.07) is 3.87. The van der Waals surface area contributed by atoms with Crippen LogP contribution in [0.2, 0.25) is 0 Å². The van der Waals surface area contributed by atoms with Crippen LogP contribution in [0, 0.1) is 0 Å². The lowest BCUT2D eigenvalue weighted by Gasteiger charge is -2.08. The van der Waals surface area contributed by atoms with E-state index in [9.17, 15) is 4.79 Å². The van der Waals surface area contributed by atoms with Crippen LogP contribution in [0.5, 0.6) is 0 Å². The third-order valence-electron chi connectivity index (χ3n) is 2.16. The fourth-order valence-electron chi connectivity index (χ4n) is 1.58. The van der Waals surface area contributed by atoms with E-state index in [1.165, 1.54) is 0 Å². The number of carbonyl (C=O) groups is 1. The maximum atomic E-state index is 11.6. The number of fused-ring (bicyclic) bond motifs is 1. The molecule has 1 aliphatic rings. The predicted molar refractivity (Wildman–Crippen MR) is 53.6 cm³/mol. The first-order chi connectivity index (χ1) is 6.68. The highest BCUT2D eigenvalue weighted by Gasteiger charge is 2.21. The van der Waals surface area contributed by atoms with Crippen LogP contribution in [0.4, 0.5) is 0 Å². The van der Waals surface area contributed by atoms with Crippen LogP contribution in [-0.2, 0) is 16.1 Å². The predicted octanol–water partition coefficient (Wildman–Crippen LogP) is 1.84. The molecular formula is C11H13NO2. The van der Waals surface area contributed by atoms with Crippen molar-refractivity contribution in [3.63, 3.8) is 0 Å². The number of ether oxygens (including phenoxy) is 1. The molecule has 0 fully saturated rings. The number of carbonyl (C=O) groups excluding carboxylic acids is 1. The number of esters is 1. The van der Waals surface area contributed by atoms with Gasteiger partial charge in [0, 0.05) is 12.7 Å². The Morgan fingerprint density at radius 3 is 3.07 bits per heavy atom. The number of nitrogens with zero attached hydrogens (tertiary/aromatic N) is 1. The van der Waals surface area contributed by atoms with E-state index in [1.807, 2.05) is 42.8 Å². The average molecular weight is 191 g/mol. The summed E-state index contributed by atoms with van der Waals surface area (Å²) in [6.07, 6.45) is 3.80. The van der Waals surface area contributed by atoms with Crippen LogP contribution in [0.15, 0.2) is 24.4 Å². The Labute approximate surface area is 83.0 Å². The number of rotatable bonds is 2. The van der Waals surface area contributed by atoms with Crippen molar-refractivity contribution in [1.29, 1.82) is 0 Å².